The first kappa shape index (κ1) is 15.2. The molecule has 1 rings (SSSR count). The van der Waals surface area contributed by atoms with Gasteiger partial charge in [0, 0.05) is 19.4 Å². The first-order valence-corrected chi connectivity index (χ1v) is 5.90. The van der Waals surface area contributed by atoms with Crippen molar-refractivity contribution in [3.8, 4) is 6.07 Å². The molecule has 0 aliphatic carbocycles. The number of benzene rings is 1. The Balaban J connectivity index is 2.90. The normalized spacial score (nSPS) is 13.4. The Morgan fingerprint density at radius 1 is 1.37 bits per heavy atom. The van der Waals surface area contributed by atoms with Crippen LogP contribution < -0.4 is 0 Å². The van der Waals surface area contributed by atoms with E-state index in [-0.39, 0.29) is 5.92 Å². The Labute approximate surface area is 112 Å². The van der Waals surface area contributed by atoms with Crippen molar-refractivity contribution in [1.82, 2.24) is 0 Å². The highest BCUT2D eigenvalue weighted by Crippen LogP contribution is 2.26. The van der Waals surface area contributed by atoms with Crippen molar-refractivity contribution in [1.29, 1.82) is 5.26 Å². The zero-order valence-corrected chi connectivity index (χ0v) is 11.0. The molecule has 0 saturated carbocycles. The number of nitrogens with zero attached hydrogens (tertiary/aromatic N) is 1. The molecule has 0 radical (unpaired) electrons. The summed E-state index contributed by atoms with van der Waals surface area (Å²) in [5.41, 5.74) is 1.26. The highest BCUT2D eigenvalue weighted by atomic mass is 16.6. The number of methoxy groups -OCH3 is 2. The second-order valence-electron chi connectivity index (χ2n) is 4.04. The molecule has 0 amide bonds. The van der Waals surface area contributed by atoms with Crippen LogP contribution in [0.3, 0.4) is 0 Å². The van der Waals surface area contributed by atoms with E-state index in [0.717, 1.165) is 5.56 Å². The summed E-state index contributed by atoms with van der Waals surface area (Å²) in [6.07, 6.45) is -0.162. The maximum Gasteiger partial charge on any atom is 0.337 e. The molecule has 5 heteroatoms. The van der Waals surface area contributed by atoms with Crippen molar-refractivity contribution < 1.29 is 19.4 Å². The SMILES string of the molecule is COC(=O)c1ccc(C(CCC#N)C(O)OC)cc1. The molecule has 0 heterocycles. The maximum atomic E-state index is 11.3. The monoisotopic (exact) mass is 263 g/mol. The van der Waals surface area contributed by atoms with Gasteiger partial charge in [-0.3, -0.25) is 0 Å². The number of aliphatic hydroxyl groups excluding tert-OH is 1. The summed E-state index contributed by atoms with van der Waals surface area (Å²) in [5, 5.41) is 18.4. The molecule has 0 spiro atoms. The number of rotatable bonds is 6. The second kappa shape index (κ2) is 7.52. The van der Waals surface area contributed by atoms with Gasteiger partial charge in [0.1, 0.15) is 0 Å². The van der Waals surface area contributed by atoms with Crippen molar-refractivity contribution in [3.63, 3.8) is 0 Å². The minimum absolute atomic E-state index is 0.295. The molecule has 0 aromatic heterocycles. The molecule has 0 aliphatic rings. The molecule has 102 valence electrons. The molecule has 2 unspecified atom stereocenters. The van der Waals surface area contributed by atoms with E-state index in [2.05, 4.69) is 4.74 Å². The molecule has 1 aromatic rings. The lowest BCUT2D eigenvalue weighted by Crippen LogP contribution is -2.20. The third kappa shape index (κ3) is 4.05. The van der Waals surface area contributed by atoms with Crippen LogP contribution in [-0.2, 0) is 9.47 Å². The van der Waals surface area contributed by atoms with Crippen LogP contribution in [0.25, 0.3) is 0 Å². The van der Waals surface area contributed by atoms with Crippen LogP contribution >= 0.6 is 0 Å². The molecular formula is C14H17NO4. The topological polar surface area (TPSA) is 79.6 Å². The van der Waals surface area contributed by atoms with E-state index in [1.165, 1.54) is 14.2 Å². The standard InChI is InChI=1S/C14H17NO4/c1-18-13(16)11-7-5-10(6-8-11)12(4-3-9-15)14(17)19-2/h5-8,12,14,17H,3-4H2,1-2H3. The van der Waals surface area contributed by atoms with E-state index in [1.807, 2.05) is 6.07 Å². The van der Waals surface area contributed by atoms with E-state index in [1.54, 1.807) is 24.3 Å². The minimum Gasteiger partial charge on any atom is -0.465 e. The highest BCUT2D eigenvalue weighted by Gasteiger charge is 2.21. The summed E-state index contributed by atoms with van der Waals surface area (Å²) in [4.78, 5) is 11.3. The van der Waals surface area contributed by atoms with Gasteiger partial charge in [-0.2, -0.15) is 5.26 Å². The summed E-state index contributed by atoms with van der Waals surface area (Å²) >= 11 is 0. The molecule has 0 saturated heterocycles. The lowest BCUT2D eigenvalue weighted by atomic mass is 9.93. The third-order valence-electron chi connectivity index (χ3n) is 2.91. The van der Waals surface area contributed by atoms with Gasteiger partial charge >= 0.3 is 5.97 Å². The van der Waals surface area contributed by atoms with Crippen LogP contribution in [0.4, 0.5) is 0 Å². The van der Waals surface area contributed by atoms with Crippen LogP contribution in [0, 0.1) is 11.3 Å². The molecule has 0 bridgehead atoms. The van der Waals surface area contributed by atoms with E-state index in [9.17, 15) is 9.90 Å². The molecule has 5 nitrogen and oxygen atoms in total. The number of hydrogen-bond donors (Lipinski definition) is 1. The van der Waals surface area contributed by atoms with Crippen molar-refractivity contribution in [3.05, 3.63) is 35.4 Å². The predicted molar refractivity (Wildman–Crippen MR) is 68.4 cm³/mol. The van der Waals surface area contributed by atoms with Crippen LogP contribution in [0.15, 0.2) is 24.3 Å². The Hall–Kier alpha value is -1.90. The molecule has 2 atom stereocenters. The number of hydrogen-bond acceptors (Lipinski definition) is 5. The first-order chi connectivity index (χ1) is 9.13. The molecule has 19 heavy (non-hydrogen) atoms. The molecule has 1 aromatic carbocycles. The zero-order valence-electron chi connectivity index (χ0n) is 11.0. The van der Waals surface area contributed by atoms with Gasteiger partial charge in [0.05, 0.1) is 18.7 Å². The summed E-state index contributed by atoms with van der Waals surface area (Å²) in [7, 11) is 2.73. The van der Waals surface area contributed by atoms with Crippen LogP contribution in [0.5, 0.6) is 0 Å². The zero-order chi connectivity index (χ0) is 14.3. The van der Waals surface area contributed by atoms with Gasteiger partial charge in [-0.15, -0.1) is 0 Å². The fourth-order valence-electron chi connectivity index (χ4n) is 1.84. The van der Waals surface area contributed by atoms with Gasteiger partial charge in [0.2, 0.25) is 0 Å². The molecule has 1 N–H and O–H groups in total. The van der Waals surface area contributed by atoms with Crippen molar-refractivity contribution in [2.24, 2.45) is 0 Å². The van der Waals surface area contributed by atoms with E-state index in [0.29, 0.717) is 18.4 Å². The smallest absolute Gasteiger partial charge is 0.337 e. The third-order valence-corrected chi connectivity index (χ3v) is 2.91. The number of esters is 1. The predicted octanol–water partition coefficient (Wildman–Crippen LogP) is 1.83. The number of carbonyl (C=O) groups excluding carboxylic acids is 1. The second-order valence-corrected chi connectivity index (χ2v) is 4.04. The minimum atomic E-state index is -0.975. The maximum absolute atomic E-state index is 11.3. The fourth-order valence-corrected chi connectivity index (χ4v) is 1.84. The van der Waals surface area contributed by atoms with Crippen molar-refractivity contribution >= 4 is 5.97 Å². The Bertz CT molecular complexity index is 450. The number of aliphatic hydroxyl groups is 1. The van der Waals surface area contributed by atoms with E-state index >= 15 is 0 Å². The lowest BCUT2D eigenvalue weighted by molar-refractivity contribution is -0.0926. The van der Waals surface area contributed by atoms with Crippen LogP contribution in [-0.4, -0.2) is 31.6 Å². The van der Waals surface area contributed by atoms with Gasteiger partial charge in [-0.1, -0.05) is 12.1 Å². The van der Waals surface area contributed by atoms with Crippen molar-refractivity contribution in [2.45, 2.75) is 25.0 Å². The molecule has 0 fully saturated rings. The number of ether oxygens (including phenoxy) is 2. The number of nitriles is 1. The van der Waals surface area contributed by atoms with E-state index < -0.39 is 12.3 Å². The van der Waals surface area contributed by atoms with Gasteiger partial charge < -0.3 is 14.6 Å². The molecular weight excluding hydrogens is 246 g/mol. The number of carbonyl (C=O) groups is 1. The summed E-state index contributed by atoms with van der Waals surface area (Å²) in [5.74, 6) is -0.705. The quantitative estimate of drug-likeness (QED) is 0.625. The van der Waals surface area contributed by atoms with Crippen LogP contribution in [0.2, 0.25) is 0 Å². The summed E-state index contributed by atoms with van der Waals surface area (Å²) in [6, 6.07) is 8.77. The Morgan fingerprint density at radius 3 is 2.47 bits per heavy atom. The molecule has 0 aliphatic heterocycles. The highest BCUT2D eigenvalue weighted by molar-refractivity contribution is 5.89. The summed E-state index contributed by atoms with van der Waals surface area (Å²) in [6.45, 7) is 0. The first-order valence-electron chi connectivity index (χ1n) is 5.90. The Kier molecular flexibility index (Phi) is 6.00. The largest absolute Gasteiger partial charge is 0.465 e. The van der Waals surface area contributed by atoms with E-state index in [4.69, 9.17) is 10.00 Å². The fraction of sp³-hybridized carbons (Fsp3) is 0.429. The van der Waals surface area contributed by atoms with Crippen molar-refractivity contribution in [2.75, 3.05) is 14.2 Å². The average molecular weight is 263 g/mol. The van der Waals surface area contributed by atoms with Gasteiger partial charge in [-0.05, 0) is 24.1 Å². The lowest BCUT2D eigenvalue weighted by Gasteiger charge is -2.21. The van der Waals surface area contributed by atoms with Gasteiger partial charge in [-0.25, -0.2) is 4.79 Å². The van der Waals surface area contributed by atoms with Gasteiger partial charge in [0.15, 0.2) is 6.29 Å². The average Bonchev–Trinajstić information content (AvgIpc) is 2.47. The van der Waals surface area contributed by atoms with Crippen LogP contribution in [0.1, 0.15) is 34.7 Å². The Morgan fingerprint density at radius 2 is 2.00 bits per heavy atom. The van der Waals surface area contributed by atoms with Gasteiger partial charge in [0.25, 0.3) is 0 Å². The summed E-state index contributed by atoms with van der Waals surface area (Å²) < 4.78 is 9.53.